The summed E-state index contributed by atoms with van der Waals surface area (Å²) in [7, 11) is 0. The first-order valence-electron chi connectivity index (χ1n) is 6.87. The third-order valence-electron chi connectivity index (χ3n) is 3.47. The van der Waals surface area contributed by atoms with Crippen LogP contribution in [-0.4, -0.2) is 43.0 Å². The summed E-state index contributed by atoms with van der Waals surface area (Å²) in [6.07, 6.45) is 5.78. The normalized spacial score (nSPS) is 16.6. The molecule has 0 bridgehead atoms. The Balaban J connectivity index is 1.67. The van der Waals surface area contributed by atoms with Crippen LogP contribution in [0.2, 0.25) is 0 Å². The minimum absolute atomic E-state index is 0.354. The van der Waals surface area contributed by atoms with Crippen LogP contribution >= 0.6 is 11.8 Å². The minimum atomic E-state index is 0.354. The zero-order chi connectivity index (χ0) is 13.8. The van der Waals surface area contributed by atoms with Crippen molar-refractivity contribution >= 4 is 11.8 Å². The molecule has 0 N–H and O–H groups in total. The predicted molar refractivity (Wildman–Crippen MR) is 74.4 cm³/mol. The molecular formula is C12H18N6OS. The largest absolute Gasteiger partial charge is 0.381 e. The van der Waals surface area contributed by atoms with Gasteiger partial charge < -0.3 is 9.30 Å². The van der Waals surface area contributed by atoms with E-state index in [2.05, 4.69) is 32.0 Å². The summed E-state index contributed by atoms with van der Waals surface area (Å²) in [5, 5.41) is 12.9. The fourth-order valence-corrected chi connectivity index (χ4v) is 3.25. The molecule has 3 rings (SSSR count). The Morgan fingerprint density at radius 3 is 3.05 bits per heavy atom. The molecule has 0 aromatic carbocycles. The summed E-state index contributed by atoms with van der Waals surface area (Å²) >= 11 is 1.64. The molecule has 2 aromatic rings. The lowest BCUT2D eigenvalue weighted by Crippen LogP contribution is -2.21. The third kappa shape index (κ3) is 2.85. The number of rotatable bonds is 5. The number of aryl methyl sites for hydroxylation is 1. The van der Waals surface area contributed by atoms with E-state index in [1.807, 2.05) is 17.1 Å². The predicted octanol–water partition coefficient (Wildman–Crippen LogP) is 1.53. The van der Waals surface area contributed by atoms with Crippen molar-refractivity contribution in [2.75, 3.05) is 13.2 Å². The van der Waals surface area contributed by atoms with Crippen molar-refractivity contribution in [2.45, 2.75) is 43.3 Å². The van der Waals surface area contributed by atoms with Crippen molar-refractivity contribution < 1.29 is 4.74 Å². The number of hydrogen-bond acceptors (Lipinski definition) is 6. The van der Waals surface area contributed by atoms with Crippen molar-refractivity contribution in [1.29, 1.82) is 0 Å². The lowest BCUT2D eigenvalue weighted by Gasteiger charge is -2.22. The number of hydrogen-bond donors (Lipinski definition) is 0. The van der Waals surface area contributed by atoms with Crippen LogP contribution in [0.3, 0.4) is 0 Å². The van der Waals surface area contributed by atoms with Crippen LogP contribution in [0.4, 0.5) is 0 Å². The van der Waals surface area contributed by atoms with Gasteiger partial charge in [0.1, 0.15) is 5.82 Å². The van der Waals surface area contributed by atoms with Gasteiger partial charge in [-0.3, -0.25) is 0 Å². The van der Waals surface area contributed by atoms with Crippen LogP contribution in [0.25, 0.3) is 0 Å². The Bertz CT molecular complexity index is 548. The van der Waals surface area contributed by atoms with E-state index in [-0.39, 0.29) is 0 Å². The van der Waals surface area contributed by atoms with E-state index in [1.165, 1.54) is 0 Å². The molecule has 20 heavy (non-hydrogen) atoms. The van der Waals surface area contributed by atoms with Gasteiger partial charge in [0.25, 0.3) is 0 Å². The van der Waals surface area contributed by atoms with Crippen LogP contribution < -0.4 is 0 Å². The highest BCUT2D eigenvalue weighted by molar-refractivity contribution is 7.98. The zero-order valence-electron chi connectivity index (χ0n) is 11.5. The van der Waals surface area contributed by atoms with Gasteiger partial charge in [-0.05, 0) is 30.2 Å². The van der Waals surface area contributed by atoms with Crippen LogP contribution in [0.1, 0.15) is 31.6 Å². The lowest BCUT2D eigenvalue weighted by molar-refractivity contribution is 0.0631. The van der Waals surface area contributed by atoms with Gasteiger partial charge in [0.05, 0.1) is 11.8 Å². The first-order valence-corrected chi connectivity index (χ1v) is 7.85. The highest BCUT2D eigenvalue weighted by Gasteiger charge is 2.20. The molecule has 7 nitrogen and oxygen atoms in total. The second kappa shape index (κ2) is 6.36. The van der Waals surface area contributed by atoms with E-state index in [9.17, 15) is 0 Å². The second-order valence-electron chi connectivity index (χ2n) is 4.67. The van der Waals surface area contributed by atoms with Gasteiger partial charge in [-0.2, -0.15) is 0 Å². The van der Waals surface area contributed by atoms with Gasteiger partial charge in [0.15, 0.2) is 0 Å². The van der Waals surface area contributed by atoms with Gasteiger partial charge in [-0.15, -0.1) is 5.10 Å². The number of nitrogens with zero attached hydrogens (tertiary/aromatic N) is 6. The molecule has 108 valence electrons. The summed E-state index contributed by atoms with van der Waals surface area (Å²) in [5.74, 6) is 1.84. The molecule has 0 amide bonds. The minimum Gasteiger partial charge on any atom is -0.381 e. The lowest BCUT2D eigenvalue weighted by atomic mass is 10.1. The molecule has 0 saturated carbocycles. The Hall–Kier alpha value is -1.41. The Labute approximate surface area is 121 Å². The van der Waals surface area contributed by atoms with Crippen molar-refractivity contribution in [1.82, 2.24) is 29.8 Å². The number of imidazole rings is 1. The molecular weight excluding hydrogens is 276 g/mol. The average molecular weight is 294 g/mol. The number of aromatic nitrogens is 6. The van der Waals surface area contributed by atoms with Crippen molar-refractivity contribution in [3.63, 3.8) is 0 Å². The smallest absolute Gasteiger partial charge is 0.210 e. The fourth-order valence-electron chi connectivity index (χ4n) is 2.34. The van der Waals surface area contributed by atoms with Crippen molar-refractivity contribution in [3.05, 3.63) is 18.2 Å². The van der Waals surface area contributed by atoms with Crippen LogP contribution in [0.5, 0.6) is 0 Å². The molecule has 0 unspecified atom stereocenters. The Kier molecular flexibility index (Phi) is 4.31. The molecule has 2 aromatic heterocycles. The highest BCUT2D eigenvalue weighted by atomic mass is 32.2. The topological polar surface area (TPSA) is 70.7 Å². The molecule has 0 spiro atoms. The van der Waals surface area contributed by atoms with Gasteiger partial charge in [0, 0.05) is 32.2 Å². The highest BCUT2D eigenvalue weighted by Crippen LogP contribution is 2.26. The monoisotopic (exact) mass is 294 g/mol. The van der Waals surface area contributed by atoms with E-state index in [0.717, 1.165) is 49.3 Å². The Morgan fingerprint density at radius 2 is 2.25 bits per heavy atom. The summed E-state index contributed by atoms with van der Waals surface area (Å²) in [4.78, 5) is 4.37. The number of ether oxygens (including phenoxy) is 1. The fraction of sp³-hybridized carbons (Fsp3) is 0.667. The number of tetrazole rings is 1. The van der Waals surface area contributed by atoms with Gasteiger partial charge in [-0.1, -0.05) is 11.8 Å². The molecule has 3 heterocycles. The number of thioether (sulfide) groups is 1. The second-order valence-corrected chi connectivity index (χ2v) is 5.61. The van der Waals surface area contributed by atoms with E-state index < -0.39 is 0 Å². The maximum Gasteiger partial charge on any atom is 0.210 e. The summed E-state index contributed by atoms with van der Waals surface area (Å²) in [6, 6.07) is 0.354. The zero-order valence-corrected chi connectivity index (χ0v) is 12.3. The SMILES string of the molecule is CCn1ccnc1CSc1nnnn1C1CCOCC1. The summed E-state index contributed by atoms with van der Waals surface area (Å²) in [6.45, 7) is 4.62. The standard InChI is InChI=1S/C12H18N6OS/c1-2-17-6-5-13-11(17)9-20-12-14-15-16-18(12)10-3-7-19-8-4-10/h5-6,10H,2-4,7-9H2,1H3. The quantitative estimate of drug-likeness (QED) is 0.779. The molecule has 1 fully saturated rings. The van der Waals surface area contributed by atoms with Gasteiger partial charge in [-0.25, -0.2) is 9.67 Å². The maximum absolute atomic E-state index is 5.38. The maximum atomic E-state index is 5.38. The van der Waals surface area contributed by atoms with Crippen molar-refractivity contribution in [2.24, 2.45) is 0 Å². The van der Waals surface area contributed by atoms with Crippen LogP contribution in [0.15, 0.2) is 17.6 Å². The van der Waals surface area contributed by atoms with E-state index in [0.29, 0.717) is 6.04 Å². The molecule has 0 atom stereocenters. The van der Waals surface area contributed by atoms with Gasteiger partial charge in [0.2, 0.25) is 5.16 Å². The summed E-state index contributed by atoms with van der Waals surface area (Å²) in [5.41, 5.74) is 0. The summed E-state index contributed by atoms with van der Waals surface area (Å²) < 4.78 is 9.46. The van der Waals surface area contributed by atoms with E-state index >= 15 is 0 Å². The van der Waals surface area contributed by atoms with Crippen LogP contribution in [0, 0.1) is 0 Å². The molecule has 0 aliphatic carbocycles. The van der Waals surface area contributed by atoms with E-state index in [1.54, 1.807) is 11.8 Å². The molecule has 8 heteroatoms. The molecule has 1 aliphatic rings. The average Bonchev–Trinajstić information content (AvgIpc) is 3.14. The third-order valence-corrected chi connectivity index (χ3v) is 4.40. The molecule has 0 radical (unpaired) electrons. The van der Waals surface area contributed by atoms with E-state index in [4.69, 9.17) is 4.74 Å². The first kappa shape index (κ1) is 13.6. The first-order chi connectivity index (χ1) is 9.88. The molecule has 1 saturated heterocycles. The van der Waals surface area contributed by atoms with Crippen LogP contribution in [-0.2, 0) is 17.0 Å². The van der Waals surface area contributed by atoms with Crippen molar-refractivity contribution in [3.8, 4) is 0 Å². The Morgan fingerprint density at radius 1 is 1.40 bits per heavy atom. The molecule has 1 aliphatic heterocycles. The van der Waals surface area contributed by atoms with Gasteiger partial charge >= 0.3 is 0 Å².